The molecule has 0 bridgehead atoms. The molecule has 14 atom stereocenters. The molecule has 15 nitrogen and oxygen atoms in total. The summed E-state index contributed by atoms with van der Waals surface area (Å²) >= 11 is 0. The molecule has 2 aliphatic carbocycles. The van der Waals surface area contributed by atoms with Gasteiger partial charge in [-0.05, 0) is 38.5 Å². The van der Waals surface area contributed by atoms with E-state index in [0.29, 0.717) is 25.7 Å². The van der Waals surface area contributed by atoms with Crippen molar-refractivity contribution in [2.45, 2.75) is 608 Å². The maximum absolute atomic E-state index is 14.2. The highest BCUT2D eigenvalue weighted by atomic mass is 16.7. The third-order valence-corrected chi connectivity index (χ3v) is 26.7. The summed E-state index contributed by atoms with van der Waals surface area (Å²) in [7, 11) is 0. The van der Waals surface area contributed by atoms with Crippen molar-refractivity contribution < 1.29 is 64.7 Å². The van der Waals surface area contributed by atoms with Crippen LogP contribution in [0.5, 0.6) is 0 Å². The molecule has 0 radical (unpaired) electrons. The molecule has 0 aromatic carbocycles. The Morgan fingerprint density at radius 1 is 0.291 bits per heavy atom. The van der Waals surface area contributed by atoms with Crippen LogP contribution < -0.4 is 10.6 Å². The van der Waals surface area contributed by atoms with Crippen molar-refractivity contribution in [3.05, 3.63) is 0 Å². The van der Waals surface area contributed by atoms with Crippen LogP contribution in [0.1, 0.15) is 535 Å². The molecular formula is C102H200N2O13. The van der Waals surface area contributed by atoms with E-state index in [0.717, 1.165) is 96.3 Å². The van der Waals surface area contributed by atoms with E-state index in [1.165, 1.54) is 372 Å². The van der Waals surface area contributed by atoms with Gasteiger partial charge in [0, 0.05) is 31.3 Å². The molecule has 0 aliphatic heterocycles. The zero-order valence-corrected chi connectivity index (χ0v) is 77.7. The second-order valence-electron chi connectivity index (χ2n) is 37.8. The zero-order valence-electron chi connectivity index (χ0n) is 77.7. The van der Waals surface area contributed by atoms with Gasteiger partial charge in [-0.1, -0.05) is 484 Å². The SMILES string of the molecule is CCCCCCCCCCCCCCCCCCCCCCCCCC(=O)NC(COC1CC(COC(OC2CC(CO)C(O)C(O)C2O)C(CCCCCCCCCCCCCCCC)NC(=O)CCCCCCCCCCCCCCCCCCCCCCCCC)C(O)C(O)C1O)C(O)CCCCCCCCCCCCCCC. The summed E-state index contributed by atoms with van der Waals surface area (Å²) in [6, 6.07) is -1.50. The molecular weight excluding hydrogens is 1460 g/mol. The van der Waals surface area contributed by atoms with Crippen LogP contribution in [-0.4, -0.2) is 146 Å². The summed E-state index contributed by atoms with van der Waals surface area (Å²) in [5, 5.41) is 97.3. The van der Waals surface area contributed by atoms with Gasteiger partial charge in [0.2, 0.25) is 11.8 Å². The van der Waals surface area contributed by atoms with Gasteiger partial charge in [-0.25, -0.2) is 0 Å². The van der Waals surface area contributed by atoms with Crippen molar-refractivity contribution in [2.75, 3.05) is 19.8 Å². The Bertz CT molecular complexity index is 2080. The predicted molar refractivity (Wildman–Crippen MR) is 492 cm³/mol. The van der Waals surface area contributed by atoms with E-state index in [2.05, 4.69) is 38.3 Å². The zero-order chi connectivity index (χ0) is 84.8. The number of nitrogens with one attached hydrogen (secondary N) is 2. The summed E-state index contributed by atoms with van der Waals surface area (Å²) in [6.45, 7) is 8.31. The predicted octanol–water partition coefficient (Wildman–Crippen LogP) is 25.7. The first-order valence-electron chi connectivity index (χ1n) is 52.2. The van der Waals surface area contributed by atoms with Gasteiger partial charge in [0.25, 0.3) is 0 Å². The Morgan fingerprint density at radius 3 is 0.821 bits per heavy atom. The highest BCUT2D eigenvalue weighted by molar-refractivity contribution is 5.76. The van der Waals surface area contributed by atoms with Crippen molar-refractivity contribution >= 4 is 11.8 Å². The quantitative estimate of drug-likeness (QED) is 0.0201. The summed E-state index contributed by atoms with van der Waals surface area (Å²) in [5.41, 5.74) is 0. The first kappa shape index (κ1) is 112. The Labute approximate surface area is 723 Å². The lowest BCUT2D eigenvalue weighted by Crippen LogP contribution is -2.58. The molecule has 0 spiro atoms. The smallest absolute Gasteiger partial charge is 0.220 e. The van der Waals surface area contributed by atoms with Gasteiger partial charge in [0.15, 0.2) is 6.29 Å². The van der Waals surface area contributed by atoms with Crippen molar-refractivity contribution in [2.24, 2.45) is 11.8 Å². The first-order chi connectivity index (χ1) is 57.3. The fourth-order valence-electron chi connectivity index (χ4n) is 18.4. The van der Waals surface area contributed by atoms with Crippen LogP contribution in [0.2, 0.25) is 0 Å². The van der Waals surface area contributed by atoms with Crippen molar-refractivity contribution in [3.8, 4) is 0 Å². The fraction of sp³-hybridized carbons (Fsp3) is 0.980. The van der Waals surface area contributed by atoms with E-state index in [-0.39, 0.29) is 37.9 Å². The van der Waals surface area contributed by atoms with Crippen LogP contribution in [0.4, 0.5) is 0 Å². The summed E-state index contributed by atoms with van der Waals surface area (Å²) in [5.74, 6) is -1.92. The van der Waals surface area contributed by atoms with Crippen molar-refractivity contribution in [3.63, 3.8) is 0 Å². The van der Waals surface area contributed by atoms with Crippen LogP contribution in [0.3, 0.4) is 0 Å². The lowest BCUT2D eigenvalue weighted by Gasteiger charge is -2.43. The van der Waals surface area contributed by atoms with Gasteiger partial charge < -0.3 is 65.7 Å². The molecule has 0 heterocycles. The minimum absolute atomic E-state index is 0.00421. The number of hydrogen-bond acceptors (Lipinski definition) is 13. The van der Waals surface area contributed by atoms with Crippen LogP contribution in [0, 0.1) is 11.8 Å². The molecule has 15 heteroatoms. The Morgan fingerprint density at radius 2 is 0.530 bits per heavy atom. The molecule has 117 heavy (non-hydrogen) atoms. The molecule has 2 aliphatic rings. The number of amides is 2. The average Bonchev–Trinajstić information content (AvgIpc) is 0.812. The van der Waals surface area contributed by atoms with E-state index in [4.69, 9.17) is 14.2 Å². The lowest BCUT2D eigenvalue weighted by molar-refractivity contribution is -0.254. The van der Waals surface area contributed by atoms with E-state index in [1.807, 2.05) is 0 Å². The molecule has 0 aromatic rings. The van der Waals surface area contributed by atoms with Crippen molar-refractivity contribution in [1.29, 1.82) is 0 Å². The minimum atomic E-state index is -1.63. The molecule has 0 saturated heterocycles. The molecule has 10 N–H and O–H groups in total. The highest BCUT2D eigenvalue weighted by Crippen LogP contribution is 2.34. The van der Waals surface area contributed by atoms with Gasteiger partial charge in [0.05, 0.1) is 55.8 Å². The van der Waals surface area contributed by atoms with E-state index in [1.54, 1.807) is 0 Å². The molecule has 696 valence electrons. The number of hydrogen-bond donors (Lipinski definition) is 10. The number of ether oxygens (including phenoxy) is 3. The van der Waals surface area contributed by atoms with Gasteiger partial charge in [-0.15, -0.1) is 0 Å². The van der Waals surface area contributed by atoms with Gasteiger partial charge >= 0.3 is 0 Å². The van der Waals surface area contributed by atoms with Gasteiger partial charge in [0.1, 0.15) is 24.4 Å². The third-order valence-electron chi connectivity index (χ3n) is 26.7. The summed E-state index contributed by atoms with van der Waals surface area (Å²) in [6.07, 6.45) is 80.4. The molecule has 14 unspecified atom stereocenters. The minimum Gasteiger partial charge on any atom is -0.396 e. The monoisotopic (exact) mass is 1660 g/mol. The number of unbranched alkanes of at least 4 members (excludes halogenated alkanes) is 69. The maximum atomic E-state index is 14.2. The third kappa shape index (κ3) is 63.1. The Hall–Kier alpha value is -1.50. The number of carbonyl (C=O) groups excluding carboxylic acids is 2. The van der Waals surface area contributed by atoms with E-state index >= 15 is 0 Å². The molecule has 2 fully saturated rings. The van der Waals surface area contributed by atoms with Crippen LogP contribution in [0.25, 0.3) is 0 Å². The molecule has 0 aromatic heterocycles. The largest absolute Gasteiger partial charge is 0.396 e. The number of aliphatic hydroxyl groups excluding tert-OH is 8. The Kier molecular flexibility index (Phi) is 78.9. The maximum Gasteiger partial charge on any atom is 0.220 e. The van der Waals surface area contributed by atoms with Crippen molar-refractivity contribution in [1.82, 2.24) is 10.6 Å². The molecule has 2 rings (SSSR count). The van der Waals surface area contributed by atoms with Crippen LogP contribution >= 0.6 is 0 Å². The number of carbonyl (C=O) groups is 2. The average molecular weight is 1660 g/mol. The molecule has 2 amide bonds. The topological polar surface area (TPSA) is 248 Å². The first-order valence-corrected chi connectivity index (χ1v) is 52.2. The van der Waals surface area contributed by atoms with E-state index in [9.17, 15) is 50.4 Å². The lowest BCUT2D eigenvalue weighted by atomic mass is 9.81. The van der Waals surface area contributed by atoms with Gasteiger partial charge in [-0.3, -0.25) is 9.59 Å². The van der Waals surface area contributed by atoms with Gasteiger partial charge in [-0.2, -0.15) is 0 Å². The highest BCUT2D eigenvalue weighted by Gasteiger charge is 2.47. The second-order valence-corrected chi connectivity index (χ2v) is 37.8. The van der Waals surface area contributed by atoms with Crippen LogP contribution in [-0.2, 0) is 23.8 Å². The van der Waals surface area contributed by atoms with Crippen LogP contribution in [0.15, 0.2) is 0 Å². The standard InChI is InChI=1S/C102H200N2O13/c1-5-9-13-17-21-25-29-33-36-38-40-42-44-46-48-50-52-56-60-64-68-72-76-80-94(107)103-89(78-74-70-66-62-58-55-35-31-27-23-19-15-11-7-3)102(117-93-82-87(84-105)96(109)100(113)99(93)112)116-85-88-83-92(98(111)101(114)97(88)110)115-86-90(91(106)79-75-71-67-63-59-54-32-28-24-20-16-12-8-4)104-95(108)81-77-73-69-65-61-57-53-51-49-47-45-43-41-39-37-34-30-26-22-18-14-10-6-2/h87-93,96-102,105-106,109-114H,5-86H2,1-4H3,(H,103,107)(H,104,108). The second kappa shape index (κ2) is 82.8. The molecule has 2 saturated carbocycles. The fourth-order valence-corrected chi connectivity index (χ4v) is 18.4. The van der Waals surface area contributed by atoms with E-state index < -0.39 is 91.8 Å². The normalized spacial score (nSPS) is 20.8. The summed E-state index contributed by atoms with van der Waals surface area (Å²) in [4.78, 5) is 28.0. The Balaban J connectivity index is 2.12. The summed E-state index contributed by atoms with van der Waals surface area (Å²) < 4.78 is 19.9. The number of aliphatic hydroxyl groups is 8. The number of rotatable bonds is 90.